The predicted octanol–water partition coefficient (Wildman–Crippen LogP) is 6.72. The van der Waals surface area contributed by atoms with Crippen LogP contribution in [0.15, 0.2) is 95.9 Å². The van der Waals surface area contributed by atoms with E-state index in [4.69, 9.17) is 0 Å². The van der Waals surface area contributed by atoms with Crippen molar-refractivity contribution in [2.45, 2.75) is 6.18 Å². The summed E-state index contributed by atoms with van der Waals surface area (Å²) in [7, 11) is 3.80. The van der Waals surface area contributed by atoms with E-state index in [1.807, 2.05) is 43.3 Å². The summed E-state index contributed by atoms with van der Waals surface area (Å²) in [6, 6.07) is 19.2. The molecule has 3 amide bonds. The summed E-state index contributed by atoms with van der Waals surface area (Å²) in [6.45, 7) is 0. The van der Waals surface area contributed by atoms with Crippen LogP contribution in [-0.4, -0.2) is 31.1 Å². The first-order valence-electron chi connectivity index (χ1n) is 12.0. The summed E-state index contributed by atoms with van der Waals surface area (Å²) in [4.78, 5) is 38.2. The zero-order chi connectivity index (χ0) is 28.9. The number of carbonyl (C=O) groups is 3. The number of alkyl halides is 3. The molecule has 0 atom stereocenters. The van der Waals surface area contributed by atoms with Crippen LogP contribution >= 0.6 is 11.8 Å². The molecule has 6 nitrogen and oxygen atoms in total. The van der Waals surface area contributed by atoms with Crippen molar-refractivity contribution in [3.8, 4) is 0 Å². The number of benzene rings is 3. The second-order valence-electron chi connectivity index (χ2n) is 8.88. The topological polar surface area (TPSA) is 78.5 Å². The smallest absolute Gasteiger partial charge is 0.378 e. The van der Waals surface area contributed by atoms with Gasteiger partial charge in [0.15, 0.2) is 0 Å². The molecule has 0 spiro atoms. The molecule has 3 aromatic carbocycles. The lowest BCUT2D eigenvalue weighted by Crippen LogP contribution is -2.17. The maximum Gasteiger partial charge on any atom is 0.416 e. The maximum absolute atomic E-state index is 13.1. The van der Waals surface area contributed by atoms with Crippen molar-refractivity contribution >= 4 is 51.8 Å². The predicted molar refractivity (Wildman–Crippen MR) is 153 cm³/mol. The molecule has 1 aliphatic heterocycles. The highest BCUT2D eigenvalue weighted by atomic mass is 32.2. The van der Waals surface area contributed by atoms with Gasteiger partial charge in [-0.2, -0.15) is 13.2 Å². The number of anilines is 2. The normalized spacial score (nSPS) is 15.0. The van der Waals surface area contributed by atoms with Crippen LogP contribution in [-0.2, 0) is 15.8 Å². The molecule has 1 heterocycles. The Labute approximate surface area is 233 Å². The number of nitrogens with zero attached hydrogens (tertiary/aromatic N) is 1. The third-order valence-corrected chi connectivity index (χ3v) is 6.69. The number of carbonyl (C=O) groups excluding carboxylic acids is 3. The van der Waals surface area contributed by atoms with Gasteiger partial charge in [0.2, 0.25) is 5.91 Å². The number of hydrogen-bond donors (Lipinski definition) is 2. The lowest BCUT2D eigenvalue weighted by atomic mass is 9.96. The molecule has 4 rings (SSSR count). The quantitative estimate of drug-likeness (QED) is 0.247. The van der Waals surface area contributed by atoms with Crippen LogP contribution in [0.2, 0.25) is 0 Å². The van der Waals surface area contributed by atoms with Crippen LogP contribution < -0.4 is 15.5 Å². The van der Waals surface area contributed by atoms with E-state index in [0.717, 1.165) is 35.1 Å². The Morgan fingerprint density at radius 1 is 0.925 bits per heavy atom. The van der Waals surface area contributed by atoms with Crippen LogP contribution in [0, 0.1) is 0 Å². The van der Waals surface area contributed by atoms with E-state index in [0.29, 0.717) is 22.4 Å². The second kappa shape index (κ2) is 12.1. The van der Waals surface area contributed by atoms with E-state index in [2.05, 4.69) is 10.6 Å². The number of hydrogen-bond acceptors (Lipinski definition) is 5. The Balaban J connectivity index is 1.59. The lowest BCUT2D eigenvalue weighted by Gasteiger charge is -2.14. The average molecular weight is 564 g/mol. The number of halogens is 3. The first-order valence-corrected chi connectivity index (χ1v) is 12.8. The molecule has 0 saturated carbocycles. The molecule has 3 aromatic rings. The van der Waals surface area contributed by atoms with E-state index in [9.17, 15) is 27.6 Å². The molecule has 1 aliphatic rings. The van der Waals surface area contributed by atoms with Gasteiger partial charge in [-0.15, -0.1) is 0 Å². The van der Waals surface area contributed by atoms with Crippen LogP contribution in [0.25, 0.3) is 11.6 Å². The number of amides is 3. The van der Waals surface area contributed by atoms with Crippen LogP contribution in [0.1, 0.15) is 22.3 Å². The largest absolute Gasteiger partial charge is 0.416 e. The Kier molecular flexibility index (Phi) is 8.59. The molecular formula is C30H24F3N3O3S. The lowest BCUT2D eigenvalue weighted by molar-refractivity contribution is -0.137. The molecule has 0 unspecified atom stereocenters. The minimum atomic E-state index is -4.45. The fourth-order valence-corrected chi connectivity index (χ4v) is 4.52. The Bertz CT molecular complexity index is 1520. The van der Waals surface area contributed by atoms with Crippen molar-refractivity contribution in [2.75, 3.05) is 24.3 Å². The molecule has 2 N–H and O–H groups in total. The summed E-state index contributed by atoms with van der Waals surface area (Å²) < 4.78 is 39.3. The molecule has 0 aromatic heterocycles. The second-order valence-corrected chi connectivity index (χ2v) is 9.90. The van der Waals surface area contributed by atoms with Gasteiger partial charge in [-0.05, 0) is 70.4 Å². The van der Waals surface area contributed by atoms with Crippen molar-refractivity contribution in [3.63, 3.8) is 0 Å². The molecule has 1 fully saturated rings. The number of imide groups is 1. The zero-order valence-electron chi connectivity index (χ0n) is 21.5. The van der Waals surface area contributed by atoms with Gasteiger partial charge >= 0.3 is 6.18 Å². The molecule has 10 heteroatoms. The van der Waals surface area contributed by atoms with Gasteiger partial charge in [0.25, 0.3) is 11.1 Å². The van der Waals surface area contributed by atoms with Gasteiger partial charge in [-0.3, -0.25) is 19.7 Å². The highest BCUT2D eigenvalue weighted by Gasteiger charge is 2.30. The van der Waals surface area contributed by atoms with Gasteiger partial charge in [0.1, 0.15) is 0 Å². The van der Waals surface area contributed by atoms with E-state index < -0.39 is 28.8 Å². The molecule has 0 radical (unpaired) electrons. The van der Waals surface area contributed by atoms with Gasteiger partial charge < -0.3 is 10.2 Å². The minimum Gasteiger partial charge on any atom is -0.378 e. The Morgan fingerprint density at radius 2 is 1.55 bits per heavy atom. The molecular weight excluding hydrogens is 539 g/mol. The van der Waals surface area contributed by atoms with Crippen molar-refractivity contribution in [3.05, 3.63) is 118 Å². The first-order chi connectivity index (χ1) is 19.0. The van der Waals surface area contributed by atoms with Crippen molar-refractivity contribution < 1.29 is 27.6 Å². The molecule has 204 valence electrons. The number of para-hydroxylation sites is 1. The average Bonchev–Trinajstić information content (AvgIpc) is 3.23. The standard InChI is InChI=1S/C30H24F3N3O3S/c1-36(2)23-16-12-20(13-17-23)24(19-10-14-22(15-11-19)30(31,32)33)7-5-9-27(37)34-25-8-4-3-6-21(25)18-26-28(38)35-29(39)40-26/h3-18H,1-2H3,(H,34,37)(H,35,38,39). The van der Waals surface area contributed by atoms with Crippen LogP contribution in [0.5, 0.6) is 0 Å². The van der Waals surface area contributed by atoms with Crippen LogP contribution in [0.4, 0.5) is 29.3 Å². The fraction of sp³-hybridized carbons (Fsp3) is 0.100. The molecule has 0 aliphatic carbocycles. The van der Waals surface area contributed by atoms with E-state index in [1.54, 1.807) is 30.3 Å². The van der Waals surface area contributed by atoms with E-state index in [1.165, 1.54) is 30.4 Å². The van der Waals surface area contributed by atoms with E-state index >= 15 is 0 Å². The molecule has 0 bridgehead atoms. The Morgan fingerprint density at radius 3 is 2.12 bits per heavy atom. The summed E-state index contributed by atoms with van der Waals surface area (Å²) in [6.07, 6.45) is 1.54. The van der Waals surface area contributed by atoms with E-state index in [-0.39, 0.29) is 4.91 Å². The van der Waals surface area contributed by atoms with Gasteiger partial charge in [0, 0.05) is 31.5 Å². The SMILES string of the molecule is CN(C)c1ccc(C(=CC=CC(=O)Nc2ccccc2C=C2SC(=O)NC2=O)c2ccc(C(F)(F)F)cc2)cc1. The zero-order valence-corrected chi connectivity index (χ0v) is 22.3. The maximum atomic E-state index is 13.1. The number of nitrogens with one attached hydrogen (secondary N) is 2. The summed E-state index contributed by atoms with van der Waals surface area (Å²) >= 11 is 0.775. The van der Waals surface area contributed by atoms with Gasteiger partial charge in [-0.25, -0.2) is 0 Å². The fourth-order valence-electron chi connectivity index (χ4n) is 3.84. The molecule has 40 heavy (non-hydrogen) atoms. The van der Waals surface area contributed by atoms with Gasteiger partial charge in [-0.1, -0.05) is 54.6 Å². The minimum absolute atomic E-state index is 0.214. The Hall–Kier alpha value is -4.57. The third-order valence-electron chi connectivity index (χ3n) is 5.88. The first kappa shape index (κ1) is 28.4. The highest BCUT2D eigenvalue weighted by molar-refractivity contribution is 8.18. The van der Waals surface area contributed by atoms with Crippen molar-refractivity contribution in [1.29, 1.82) is 0 Å². The highest BCUT2D eigenvalue weighted by Crippen LogP contribution is 2.32. The summed E-state index contributed by atoms with van der Waals surface area (Å²) in [5.74, 6) is -0.966. The number of rotatable bonds is 7. The third kappa shape index (κ3) is 7.09. The summed E-state index contributed by atoms with van der Waals surface area (Å²) in [5, 5.41) is 4.47. The summed E-state index contributed by atoms with van der Waals surface area (Å²) in [5.41, 5.74) is 3.12. The van der Waals surface area contributed by atoms with Crippen molar-refractivity contribution in [1.82, 2.24) is 5.32 Å². The number of thioether (sulfide) groups is 1. The van der Waals surface area contributed by atoms with Gasteiger partial charge in [0.05, 0.1) is 10.5 Å². The van der Waals surface area contributed by atoms with Crippen LogP contribution in [0.3, 0.4) is 0 Å². The molecule has 1 saturated heterocycles. The number of allylic oxidation sites excluding steroid dienone is 2. The van der Waals surface area contributed by atoms with Crippen molar-refractivity contribution in [2.24, 2.45) is 0 Å². The monoisotopic (exact) mass is 563 g/mol.